The lowest BCUT2D eigenvalue weighted by Crippen LogP contribution is -2.68. The average molecular weight is 370 g/mol. The summed E-state index contributed by atoms with van der Waals surface area (Å²) in [5, 5.41) is 10.5. The molecule has 3 heterocycles. The molecule has 1 fully saturated rings. The Morgan fingerprint density at radius 1 is 1.50 bits per heavy atom. The molecular formula is C12H14N6O4S2. The molecule has 2 aliphatic heterocycles. The van der Waals surface area contributed by atoms with Crippen LogP contribution in [0.25, 0.3) is 0 Å². The Hall–Kier alpha value is -1.92. The predicted molar refractivity (Wildman–Crippen MR) is 84.4 cm³/mol. The number of aromatic nitrogens is 4. The summed E-state index contributed by atoms with van der Waals surface area (Å²) in [6.45, 7) is 1.23. The van der Waals surface area contributed by atoms with E-state index in [1.54, 1.807) is 7.05 Å². The van der Waals surface area contributed by atoms with E-state index >= 15 is 0 Å². The Morgan fingerprint density at radius 2 is 2.25 bits per heavy atom. The molecule has 10 nitrogen and oxygen atoms in total. The van der Waals surface area contributed by atoms with Gasteiger partial charge in [-0.25, -0.2) is 4.68 Å². The van der Waals surface area contributed by atoms with E-state index in [2.05, 4.69) is 15.5 Å². The van der Waals surface area contributed by atoms with Crippen LogP contribution in [0.2, 0.25) is 0 Å². The summed E-state index contributed by atoms with van der Waals surface area (Å²) in [7, 11) is 1.61. The van der Waals surface area contributed by atoms with Gasteiger partial charge in [-0.2, -0.15) is 0 Å². The first kappa shape index (κ1) is 16.9. The zero-order valence-corrected chi connectivity index (χ0v) is 14.5. The van der Waals surface area contributed by atoms with Gasteiger partial charge in [-0.1, -0.05) is 0 Å². The molecule has 12 heteroatoms. The zero-order chi connectivity index (χ0) is 17.4. The lowest BCUT2D eigenvalue weighted by Gasteiger charge is -2.48. The molecule has 1 amide bonds. The molecule has 2 aliphatic rings. The van der Waals surface area contributed by atoms with Crippen molar-refractivity contribution in [2.45, 2.75) is 23.5 Å². The molecule has 0 radical (unpaired) electrons. The molecule has 2 N–H and O–H groups in total. The third kappa shape index (κ3) is 2.91. The molecule has 0 spiro atoms. The fourth-order valence-electron chi connectivity index (χ4n) is 2.31. The van der Waals surface area contributed by atoms with Gasteiger partial charge in [0, 0.05) is 25.3 Å². The van der Waals surface area contributed by atoms with Crippen LogP contribution in [0.3, 0.4) is 0 Å². The second kappa shape index (κ2) is 6.53. The molecule has 128 valence electrons. The molecule has 1 aromatic rings. The summed E-state index contributed by atoms with van der Waals surface area (Å²) in [6.07, 6.45) is 0. The Balaban J connectivity index is 1.89. The molecule has 2 atom stereocenters. The number of hydrogen-bond acceptors (Lipinski definition) is 10. The van der Waals surface area contributed by atoms with Gasteiger partial charge in [-0.15, -0.1) is 16.9 Å². The van der Waals surface area contributed by atoms with Crippen molar-refractivity contribution in [2.75, 3.05) is 12.4 Å². The van der Waals surface area contributed by atoms with Crippen LogP contribution in [0, 0.1) is 0 Å². The van der Waals surface area contributed by atoms with Crippen molar-refractivity contribution in [1.29, 1.82) is 0 Å². The number of hydrogen-bond donors (Lipinski definition) is 1. The molecule has 3 rings (SSSR count). The lowest BCUT2D eigenvalue weighted by atomic mass is 10.0. The summed E-state index contributed by atoms with van der Waals surface area (Å²) in [6, 6.07) is -0.630. The molecule has 24 heavy (non-hydrogen) atoms. The standard InChI is InChI=1S/C12H14N6O4S2/c1-5(19)22-3-6-4-23-10-7(13)9(20)18(10)8(6)11(21)24-12-14-15-16-17(12)2/h7,10H,3-4,13H2,1-2H3/t7-,10-/m1/s1. The Morgan fingerprint density at radius 3 is 2.88 bits per heavy atom. The van der Waals surface area contributed by atoms with Gasteiger partial charge in [0.25, 0.3) is 0 Å². The molecule has 1 aromatic heterocycles. The fraction of sp³-hybridized carbons (Fsp3) is 0.500. The van der Waals surface area contributed by atoms with E-state index in [1.807, 2.05) is 0 Å². The van der Waals surface area contributed by atoms with Crippen LogP contribution < -0.4 is 5.73 Å². The van der Waals surface area contributed by atoms with Crippen LogP contribution in [0.5, 0.6) is 0 Å². The van der Waals surface area contributed by atoms with E-state index < -0.39 is 12.0 Å². The van der Waals surface area contributed by atoms with Crippen molar-refractivity contribution in [1.82, 2.24) is 25.1 Å². The molecule has 0 unspecified atom stereocenters. The Bertz CT molecular complexity index is 748. The van der Waals surface area contributed by atoms with Gasteiger partial charge in [0.05, 0.1) is 0 Å². The first-order valence-electron chi connectivity index (χ1n) is 6.90. The van der Waals surface area contributed by atoms with E-state index in [9.17, 15) is 14.4 Å². The van der Waals surface area contributed by atoms with Crippen molar-refractivity contribution < 1.29 is 19.1 Å². The number of ether oxygens (including phenoxy) is 1. The van der Waals surface area contributed by atoms with Gasteiger partial charge in [0.15, 0.2) is 0 Å². The van der Waals surface area contributed by atoms with Crippen molar-refractivity contribution in [3.05, 3.63) is 11.3 Å². The molecule has 1 saturated heterocycles. The van der Waals surface area contributed by atoms with E-state index in [0.29, 0.717) is 16.5 Å². The number of rotatable bonds is 4. The number of amides is 1. The molecular weight excluding hydrogens is 356 g/mol. The van der Waals surface area contributed by atoms with Crippen molar-refractivity contribution in [3.8, 4) is 0 Å². The smallest absolute Gasteiger partial charge is 0.302 e. The van der Waals surface area contributed by atoms with E-state index in [4.69, 9.17) is 10.5 Å². The summed E-state index contributed by atoms with van der Waals surface area (Å²) in [5.41, 5.74) is 6.57. The predicted octanol–water partition coefficient (Wildman–Crippen LogP) is -1.11. The number of nitrogens with zero attached hydrogens (tertiary/aromatic N) is 5. The maximum absolute atomic E-state index is 12.7. The van der Waals surface area contributed by atoms with Gasteiger partial charge >= 0.3 is 5.97 Å². The van der Waals surface area contributed by atoms with Gasteiger partial charge < -0.3 is 10.5 Å². The summed E-state index contributed by atoms with van der Waals surface area (Å²) < 4.78 is 6.36. The third-order valence-corrected chi connectivity index (χ3v) is 5.76. The monoisotopic (exact) mass is 370 g/mol. The third-order valence-electron chi connectivity index (χ3n) is 3.50. The number of thioether (sulfide) groups is 2. The zero-order valence-electron chi connectivity index (χ0n) is 12.8. The van der Waals surface area contributed by atoms with E-state index in [1.165, 1.54) is 28.3 Å². The molecule has 0 aliphatic carbocycles. The van der Waals surface area contributed by atoms with Gasteiger partial charge in [-0.3, -0.25) is 19.3 Å². The summed E-state index contributed by atoms with van der Waals surface area (Å²) in [5.74, 6) is -0.334. The van der Waals surface area contributed by atoms with Crippen molar-refractivity contribution >= 4 is 40.5 Å². The van der Waals surface area contributed by atoms with Gasteiger partial charge in [0.1, 0.15) is 23.7 Å². The maximum Gasteiger partial charge on any atom is 0.302 e. The van der Waals surface area contributed by atoms with Crippen LogP contribution in [-0.4, -0.2) is 65.9 Å². The van der Waals surface area contributed by atoms with Crippen LogP contribution >= 0.6 is 23.5 Å². The summed E-state index contributed by atoms with van der Waals surface area (Å²) in [4.78, 5) is 37.3. The highest BCUT2D eigenvalue weighted by molar-refractivity contribution is 8.14. The van der Waals surface area contributed by atoms with Crippen LogP contribution in [0.15, 0.2) is 16.4 Å². The Labute approximate surface area is 145 Å². The SMILES string of the molecule is CC(=O)OCC1=C(C(=O)Sc2nnnn2C)N2C(=O)[C@@H](N)[C@H]2SC1. The highest BCUT2D eigenvalue weighted by Crippen LogP contribution is 2.41. The minimum atomic E-state index is -0.630. The molecule has 0 saturated carbocycles. The number of carbonyl (C=O) groups is 3. The first-order chi connectivity index (χ1) is 11.4. The number of aryl methyl sites for hydroxylation is 1. The fourth-order valence-corrected chi connectivity index (χ4v) is 4.33. The maximum atomic E-state index is 12.7. The lowest BCUT2D eigenvalue weighted by molar-refractivity contribution is -0.143. The molecule has 0 bridgehead atoms. The van der Waals surface area contributed by atoms with E-state index in [-0.39, 0.29) is 28.7 Å². The normalized spacial score (nSPS) is 23.0. The highest BCUT2D eigenvalue weighted by atomic mass is 32.2. The number of nitrogens with two attached hydrogens (primary N) is 1. The van der Waals surface area contributed by atoms with Gasteiger partial charge in [-0.05, 0) is 22.2 Å². The second-order valence-corrected chi connectivity index (χ2v) is 7.19. The minimum absolute atomic E-state index is 0.0488. The molecule has 0 aromatic carbocycles. The van der Waals surface area contributed by atoms with Crippen molar-refractivity contribution in [3.63, 3.8) is 0 Å². The number of esters is 1. The van der Waals surface area contributed by atoms with Crippen LogP contribution in [-0.2, 0) is 26.2 Å². The summed E-state index contributed by atoms with van der Waals surface area (Å²) >= 11 is 2.25. The highest BCUT2D eigenvalue weighted by Gasteiger charge is 2.51. The number of tetrazole rings is 1. The van der Waals surface area contributed by atoms with Gasteiger partial charge in [0.2, 0.25) is 16.2 Å². The topological polar surface area (TPSA) is 133 Å². The number of β-lactam (4-membered cyclic amide) rings is 1. The number of fused-ring (bicyclic) bond motifs is 1. The van der Waals surface area contributed by atoms with E-state index in [0.717, 1.165) is 11.8 Å². The second-order valence-electron chi connectivity index (χ2n) is 5.14. The van der Waals surface area contributed by atoms with Crippen molar-refractivity contribution in [2.24, 2.45) is 12.8 Å². The Kier molecular flexibility index (Phi) is 4.60. The average Bonchev–Trinajstić information content (AvgIpc) is 2.95. The quantitative estimate of drug-likeness (QED) is 0.395. The van der Waals surface area contributed by atoms with Crippen LogP contribution in [0.4, 0.5) is 0 Å². The first-order valence-corrected chi connectivity index (χ1v) is 8.77. The largest absolute Gasteiger partial charge is 0.461 e. The van der Waals surface area contributed by atoms with Crippen LogP contribution in [0.1, 0.15) is 6.92 Å². The number of carbonyl (C=O) groups excluding carboxylic acids is 3. The minimum Gasteiger partial charge on any atom is -0.461 e.